The van der Waals surface area contributed by atoms with Crippen LogP contribution >= 0.6 is 24.0 Å². The van der Waals surface area contributed by atoms with Gasteiger partial charge in [0.15, 0.2) is 5.96 Å². The first-order chi connectivity index (χ1) is 9.30. The summed E-state index contributed by atoms with van der Waals surface area (Å²) in [6.45, 7) is 10.3. The van der Waals surface area contributed by atoms with Crippen molar-refractivity contribution in [1.29, 1.82) is 0 Å². The summed E-state index contributed by atoms with van der Waals surface area (Å²) >= 11 is 0. The molecule has 0 bridgehead atoms. The number of terminal acetylenes is 1. The highest BCUT2D eigenvalue weighted by molar-refractivity contribution is 14.0. The Kier molecular flexibility index (Phi) is 12.0. The van der Waals surface area contributed by atoms with Crippen molar-refractivity contribution in [3.05, 3.63) is 0 Å². The van der Waals surface area contributed by atoms with Gasteiger partial charge in [0.2, 0.25) is 0 Å². The molecule has 1 fully saturated rings. The number of likely N-dealkylation sites (tertiary alicyclic amines) is 1. The Bertz CT molecular complexity index is 303. The van der Waals surface area contributed by atoms with Crippen molar-refractivity contribution in [2.24, 2.45) is 10.9 Å². The number of nitrogens with zero attached hydrogens (tertiary/aromatic N) is 2. The molecule has 0 aromatic carbocycles. The van der Waals surface area contributed by atoms with Crippen LogP contribution in [0.25, 0.3) is 0 Å². The molecule has 116 valence electrons. The van der Waals surface area contributed by atoms with E-state index in [4.69, 9.17) is 6.42 Å². The molecular weight excluding hydrogens is 363 g/mol. The number of nitrogens with one attached hydrogen (secondary N) is 2. The first kappa shape index (κ1) is 19.5. The average molecular weight is 392 g/mol. The predicted octanol–water partition coefficient (Wildman–Crippen LogP) is 1.91. The maximum atomic E-state index is 5.25. The number of piperidine rings is 1. The van der Waals surface area contributed by atoms with Crippen LogP contribution in [-0.4, -0.2) is 50.1 Å². The summed E-state index contributed by atoms with van der Waals surface area (Å²) in [5.74, 6) is 4.14. The lowest BCUT2D eigenvalue weighted by Crippen LogP contribution is -2.39. The Morgan fingerprint density at radius 3 is 2.55 bits per heavy atom. The van der Waals surface area contributed by atoms with Crippen molar-refractivity contribution in [2.45, 2.75) is 33.1 Å². The molecule has 1 aliphatic heterocycles. The van der Waals surface area contributed by atoms with E-state index in [1.54, 1.807) is 0 Å². The third-order valence-electron chi connectivity index (χ3n) is 3.46. The monoisotopic (exact) mass is 392 g/mol. The standard InChI is InChI=1S/C15H28N4.HI/c1-4-9-17-15(16-6-3)18-13-14-7-11-19(10-5-2)12-8-14;/h1,14H,5-13H2,2-3H3,(H2,16,17,18);1H. The summed E-state index contributed by atoms with van der Waals surface area (Å²) in [5, 5.41) is 6.35. The maximum absolute atomic E-state index is 5.25. The molecule has 1 rings (SSSR count). The Labute approximate surface area is 141 Å². The number of aliphatic imine (C=N–C) groups is 1. The molecule has 0 unspecified atom stereocenters. The van der Waals surface area contributed by atoms with E-state index in [1.807, 2.05) is 0 Å². The molecule has 0 spiro atoms. The Hall–Kier alpha value is -0.480. The average Bonchev–Trinajstić information content (AvgIpc) is 2.44. The quantitative estimate of drug-likeness (QED) is 0.314. The van der Waals surface area contributed by atoms with E-state index in [0.717, 1.165) is 25.0 Å². The van der Waals surface area contributed by atoms with E-state index in [0.29, 0.717) is 6.54 Å². The minimum absolute atomic E-state index is 0. The van der Waals surface area contributed by atoms with Crippen LogP contribution in [0.5, 0.6) is 0 Å². The minimum Gasteiger partial charge on any atom is -0.357 e. The molecule has 1 heterocycles. The summed E-state index contributed by atoms with van der Waals surface area (Å²) in [5.41, 5.74) is 0. The van der Waals surface area contributed by atoms with Crippen LogP contribution in [0.15, 0.2) is 4.99 Å². The van der Waals surface area contributed by atoms with E-state index < -0.39 is 0 Å². The van der Waals surface area contributed by atoms with Crippen molar-refractivity contribution in [2.75, 3.05) is 39.3 Å². The fourth-order valence-electron chi connectivity index (χ4n) is 2.41. The lowest BCUT2D eigenvalue weighted by Gasteiger charge is -2.31. The SMILES string of the molecule is C#CCNC(=NCC1CCN(CCC)CC1)NCC.I. The van der Waals surface area contributed by atoms with Crippen LogP contribution in [0.2, 0.25) is 0 Å². The van der Waals surface area contributed by atoms with Crippen LogP contribution in [0.3, 0.4) is 0 Å². The molecule has 1 aliphatic rings. The van der Waals surface area contributed by atoms with Crippen molar-refractivity contribution < 1.29 is 0 Å². The van der Waals surface area contributed by atoms with E-state index in [9.17, 15) is 0 Å². The molecule has 0 amide bonds. The first-order valence-electron chi connectivity index (χ1n) is 7.48. The molecular formula is C15H29IN4. The zero-order chi connectivity index (χ0) is 13.9. The second kappa shape index (κ2) is 12.3. The summed E-state index contributed by atoms with van der Waals surface area (Å²) in [7, 11) is 0. The van der Waals surface area contributed by atoms with Crippen molar-refractivity contribution >= 4 is 29.9 Å². The van der Waals surface area contributed by atoms with Crippen LogP contribution in [0.4, 0.5) is 0 Å². The van der Waals surface area contributed by atoms with Gasteiger partial charge in [0, 0.05) is 13.1 Å². The molecule has 0 radical (unpaired) electrons. The number of hydrogen-bond acceptors (Lipinski definition) is 2. The zero-order valence-electron chi connectivity index (χ0n) is 12.8. The smallest absolute Gasteiger partial charge is 0.192 e. The molecule has 0 saturated carbocycles. The van der Waals surface area contributed by atoms with Gasteiger partial charge in [0.05, 0.1) is 6.54 Å². The third-order valence-corrected chi connectivity index (χ3v) is 3.46. The second-order valence-corrected chi connectivity index (χ2v) is 5.06. The van der Waals surface area contributed by atoms with Crippen LogP contribution in [-0.2, 0) is 0 Å². The summed E-state index contributed by atoms with van der Waals surface area (Å²) in [6, 6.07) is 0. The predicted molar refractivity (Wildman–Crippen MR) is 97.7 cm³/mol. The second-order valence-electron chi connectivity index (χ2n) is 5.06. The zero-order valence-corrected chi connectivity index (χ0v) is 15.2. The molecule has 5 heteroatoms. The maximum Gasteiger partial charge on any atom is 0.192 e. The van der Waals surface area contributed by atoms with Gasteiger partial charge in [-0.1, -0.05) is 12.8 Å². The van der Waals surface area contributed by atoms with Crippen LogP contribution in [0.1, 0.15) is 33.1 Å². The van der Waals surface area contributed by atoms with E-state index in [1.165, 1.54) is 38.9 Å². The van der Waals surface area contributed by atoms with Gasteiger partial charge in [-0.25, -0.2) is 0 Å². The van der Waals surface area contributed by atoms with E-state index in [-0.39, 0.29) is 24.0 Å². The lowest BCUT2D eigenvalue weighted by atomic mass is 9.97. The fourth-order valence-corrected chi connectivity index (χ4v) is 2.41. The molecule has 0 aromatic heterocycles. The summed E-state index contributed by atoms with van der Waals surface area (Å²) < 4.78 is 0. The van der Waals surface area contributed by atoms with E-state index in [2.05, 4.69) is 40.3 Å². The van der Waals surface area contributed by atoms with Crippen LogP contribution in [0, 0.1) is 18.3 Å². The molecule has 1 saturated heterocycles. The summed E-state index contributed by atoms with van der Waals surface area (Å²) in [6.07, 6.45) is 9.03. The van der Waals surface area contributed by atoms with Gasteiger partial charge < -0.3 is 15.5 Å². The van der Waals surface area contributed by atoms with Gasteiger partial charge in [0.1, 0.15) is 0 Å². The van der Waals surface area contributed by atoms with Gasteiger partial charge in [-0.2, -0.15) is 0 Å². The summed E-state index contributed by atoms with van der Waals surface area (Å²) in [4.78, 5) is 7.18. The molecule has 4 nitrogen and oxygen atoms in total. The number of halogens is 1. The first-order valence-corrected chi connectivity index (χ1v) is 7.48. The highest BCUT2D eigenvalue weighted by atomic mass is 127. The van der Waals surface area contributed by atoms with Crippen molar-refractivity contribution in [3.63, 3.8) is 0 Å². The Morgan fingerprint density at radius 1 is 1.30 bits per heavy atom. The fraction of sp³-hybridized carbons (Fsp3) is 0.800. The van der Waals surface area contributed by atoms with Crippen LogP contribution < -0.4 is 10.6 Å². The van der Waals surface area contributed by atoms with Gasteiger partial charge in [-0.05, 0) is 51.7 Å². The topological polar surface area (TPSA) is 39.7 Å². The van der Waals surface area contributed by atoms with Gasteiger partial charge in [0.25, 0.3) is 0 Å². The third kappa shape index (κ3) is 7.95. The number of guanidine groups is 1. The largest absolute Gasteiger partial charge is 0.357 e. The molecule has 20 heavy (non-hydrogen) atoms. The normalized spacial score (nSPS) is 17.1. The minimum atomic E-state index is 0. The number of hydrogen-bond donors (Lipinski definition) is 2. The van der Waals surface area contributed by atoms with E-state index >= 15 is 0 Å². The Morgan fingerprint density at radius 2 is 2.00 bits per heavy atom. The number of rotatable bonds is 6. The van der Waals surface area contributed by atoms with Crippen molar-refractivity contribution in [1.82, 2.24) is 15.5 Å². The lowest BCUT2D eigenvalue weighted by molar-refractivity contribution is 0.188. The Balaban J connectivity index is 0.00000361. The molecule has 0 aliphatic carbocycles. The van der Waals surface area contributed by atoms with Crippen molar-refractivity contribution in [3.8, 4) is 12.3 Å². The van der Waals surface area contributed by atoms with Gasteiger partial charge in [-0.3, -0.25) is 4.99 Å². The highest BCUT2D eigenvalue weighted by Crippen LogP contribution is 2.17. The van der Waals surface area contributed by atoms with Gasteiger partial charge in [-0.15, -0.1) is 30.4 Å². The highest BCUT2D eigenvalue weighted by Gasteiger charge is 2.18. The molecule has 0 aromatic rings. The molecule has 0 atom stereocenters. The molecule has 2 N–H and O–H groups in total. The van der Waals surface area contributed by atoms with Gasteiger partial charge >= 0.3 is 0 Å².